The van der Waals surface area contributed by atoms with Gasteiger partial charge in [0.25, 0.3) is 0 Å². The molecule has 0 saturated heterocycles. The van der Waals surface area contributed by atoms with Gasteiger partial charge in [-0.05, 0) is 57.1 Å². The maximum atomic E-state index is 12.0. The Labute approximate surface area is 211 Å². The molecule has 1 heterocycles. The molecule has 0 aromatic heterocycles. The lowest BCUT2D eigenvalue weighted by Crippen LogP contribution is -2.40. The minimum Gasteiger partial charge on any atom is -0.486 e. The first-order chi connectivity index (χ1) is 17.3. The van der Waals surface area contributed by atoms with E-state index in [4.69, 9.17) is 9.47 Å². The van der Waals surface area contributed by atoms with Gasteiger partial charge in [-0.2, -0.15) is 0 Å². The molecule has 1 atom stereocenters. The molecular formula is C31H41NO3. The summed E-state index contributed by atoms with van der Waals surface area (Å²) in [5, 5.41) is 2.93. The first-order valence-electron chi connectivity index (χ1n) is 12.8. The van der Waals surface area contributed by atoms with Gasteiger partial charge < -0.3 is 14.8 Å². The molecule has 1 amide bonds. The number of fused-ring (bicyclic) bond motifs is 1. The van der Waals surface area contributed by atoms with Gasteiger partial charge in [-0.1, -0.05) is 92.0 Å². The van der Waals surface area contributed by atoms with Crippen LogP contribution in [0.1, 0.15) is 58.3 Å². The van der Waals surface area contributed by atoms with Crippen molar-refractivity contribution in [2.45, 2.75) is 64.4 Å². The van der Waals surface area contributed by atoms with Crippen LogP contribution in [0.4, 0.5) is 0 Å². The summed E-state index contributed by atoms with van der Waals surface area (Å²) < 4.78 is 11.5. The molecule has 2 rings (SSSR count). The monoisotopic (exact) mass is 475 g/mol. The third-order valence-electron chi connectivity index (χ3n) is 5.23. The molecule has 0 fully saturated rings. The topological polar surface area (TPSA) is 47.6 Å². The van der Waals surface area contributed by atoms with E-state index in [2.05, 4.69) is 85.2 Å². The largest absolute Gasteiger partial charge is 0.486 e. The van der Waals surface area contributed by atoms with E-state index in [1.54, 1.807) is 0 Å². The smallest absolute Gasteiger partial charge is 0.220 e. The van der Waals surface area contributed by atoms with Crippen molar-refractivity contribution in [2.24, 2.45) is 0 Å². The van der Waals surface area contributed by atoms with Crippen LogP contribution in [0.5, 0.6) is 11.5 Å². The summed E-state index contributed by atoms with van der Waals surface area (Å²) in [6.45, 7) is 3.06. The zero-order valence-corrected chi connectivity index (χ0v) is 21.1. The Balaban J connectivity index is 1.43. The number of rotatable bonds is 16. The Morgan fingerprint density at radius 1 is 0.800 bits per heavy atom. The van der Waals surface area contributed by atoms with E-state index in [-0.39, 0.29) is 12.0 Å². The summed E-state index contributed by atoms with van der Waals surface area (Å²) in [7, 11) is 0. The number of amides is 1. The lowest BCUT2D eigenvalue weighted by molar-refractivity contribution is -0.121. The van der Waals surface area contributed by atoms with Crippen LogP contribution in [0.3, 0.4) is 0 Å². The molecule has 0 radical (unpaired) electrons. The van der Waals surface area contributed by atoms with Crippen LogP contribution < -0.4 is 14.8 Å². The van der Waals surface area contributed by atoms with E-state index >= 15 is 0 Å². The van der Waals surface area contributed by atoms with E-state index in [0.29, 0.717) is 19.6 Å². The minimum absolute atomic E-state index is 0.0342. The van der Waals surface area contributed by atoms with Gasteiger partial charge >= 0.3 is 0 Å². The number of allylic oxidation sites excluding steroid dienone is 12. The Bertz CT molecular complexity index is 892. The second kappa shape index (κ2) is 19.1. The van der Waals surface area contributed by atoms with Crippen molar-refractivity contribution in [3.05, 3.63) is 97.2 Å². The summed E-state index contributed by atoms with van der Waals surface area (Å²) in [6, 6.07) is 7.59. The fourth-order valence-corrected chi connectivity index (χ4v) is 3.33. The van der Waals surface area contributed by atoms with E-state index in [1.165, 1.54) is 0 Å². The number of carbonyl (C=O) groups is 1. The van der Waals surface area contributed by atoms with Gasteiger partial charge in [0.2, 0.25) is 5.91 Å². The molecule has 4 heteroatoms. The van der Waals surface area contributed by atoms with Crippen molar-refractivity contribution in [1.29, 1.82) is 0 Å². The van der Waals surface area contributed by atoms with Gasteiger partial charge in [-0.15, -0.1) is 0 Å². The van der Waals surface area contributed by atoms with Gasteiger partial charge in [0, 0.05) is 6.42 Å². The average Bonchev–Trinajstić information content (AvgIpc) is 2.88. The van der Waals surface area contributed by atoms with Crippen molar-refractivity contribution in [3.63, 3.8) is 0 Å². The van der Waals surface area contributed by atoms with Gasteiger partial charge in [-0.25, -0.2) is 0 Å². The number of benzene rings is 1. The number of nitrogens with one attached hydrogen (secondary N) is 1. The van der Waals surface area contributed by atoms with Crippen LogP contribution in [0.2, 0.25) is 0 Å². The predicted molar refractivity (Wildman–Crippen MR) is 147 cm³/mol. The summed E-state index contributed by atoms with van der Waals surface area (Å²) in [4.78, 5) is 12.0. The molecule has 1 aliphatic heterocycles. The van der Waals surface area contributed by atoms with Crippen LogP contribution in [0, 0.1) is 0 Å². The Morgan fingerprint density at radius 3 is 1.89 bits per heavy atom. The van der Waals surface area contributed by atoms with Crippen LogP contribution >= 0.6 is 0 Å². The van der Waals surface area contributed by atoms with Crippen LogP contribution in [0.25, 0.3) is 0 Å². The molecule has 1 aromatic carbocycles. The van der Waals surface area contributed by atoms with Gasteiger partial charge in [0.05, 0.1) is 6.54 Å². The second-order valence-corrected chi connectivity index (χ2v) is 8.26. The molecule has 1 aliphatic rings. The second-order valence-electron chi connectivity index (χ2n) is 8.26. The van der Waals surface area contributed by atoms with Crippen molar-refractivity contribution in [1.82, 2.24) is 5.32 Å². The lowest BCUT2D eigenvalue weighted by atomic mass is 10.2. The molecule has 1 N–H and O–H groups in total. The zero-order chi connectivity index (χ0) is 24.8. The van der Waals surface area contributed by atoms with E-state index < -0.39 is 0 Å². The third kappa shape index (κ3) is 13.9. The number of para-hydroxylation sites is 2. The Hall–Kier alpha value is -3.27. The molecule has 1 aromatic rings. The first kappa shape index (κ1) is 28.0. The van der Waals surface area contributed by atoms with Crippen molar-refractivity contribution in [3.8, 4) is 11.5 Å². The molecule has 188 valence electrons. The van der Waals surface area contributed by atoms with Crippen molar-refractivity contribution >= 4 is 5.91 Å². The zero-order valence-electron chi connectivity index (χ0n) is 21.1. The quantitative estimate of drug-likeness (QED) is 0.253. The third-order valence-corrected chi connectivity index (χ3v) is 5.23. The normalized spacial score (nSPS) is 16.1. The van der Waals surface area contributed by atoms with Gasteiger partial charge in [0.1, 0.15) is 12.7 Å². The van der Waals surface area contributed by atoms with Crippen molar-refractivity contribution in [2.75, 3.05) is 13.2 Å². The van der Waals surface area contributed by atoms with Crippen molar-refractivity contribution < 1.29 is 14.3 Å². The standard InChI is InChI=1S/C31H41NO3/c1-2-3-4-5-6-7-8-9-10-11-12-13-14-15-16-17-18-19-20-25-31(33)32-26-28-27-34-29-23-21-22-24-30(29)35-28/h3-4,6-7,9-10,12-13,15-16,18-19,21-24,28H,2,5,8,11,14,17,20,25-27H2,1H3,(H,32,33)/b4-3+,7-6+,10-9+,13-12+,16-15+,19-18+/t28-/m0/s1. The van der Waals surface area contributed by atoms with E-state index in [1.807, 2.05) is 24.3 Å². The van der Waals surface area contributed by atoms with E-state index in [9.17, 15) is 4.79 Å². The van der Waals surface area contributed by atoms with Gasteiger partial charge in [0.15, 0.2) is 11.5 Å². The fourth-order valence-electron chi connectivity index (χ4n) is 3.33. The maximum absolute atomic E-state index is 12.0. The summed E-state index contributed by atoms with van der Waals surface area (Å²) in [5.74, 6) is 1.52. The molecular weight excluding hydrogens is 434 g/mol. The Kier molecular flexibility index (Phi) is 15.2. The average molecular weight is 476 g/mol. The summed E-state index contributed by atoms with van der Waals surface area (Å²) >= 11 is 0. The predicted octanol–water partition coefficient (Wildman–Crippen LogP) is 7.42. The number of carbonyl (C=O) groups excluding carboxylic acids is 1. The highest BCUT2D eigenvalue weighted by Crippen LogP contribution is 2.30. The highest BCUT2D eigenvalue weighted by Gasteiger charge is 2.20. The molecule has 0 unspecified atom stereocenters. The van der Waals surface area contributed by atoms with Gasteiger partial charge in [-0.3, -0.25) is 4.79 Å². The first-order valence-corrected chi connectivity index (χ1v) is 12.8. The van der Waals surface area contributed by atoms with E-state index in [0.717, 1.165) is 56.4 Å². The molecule has 0 saturated carbocycles. The molecule has 4 nitrogen and oxygen atoms in total. The number of hydrogen-bond acceptors (Lipinski definition) is 3. The summed E-state index contributed by atoms with van der Waals surface area (Å²) in [6.07, 6.45) is 33.2. The fraction of sp³-hybridized carbons (Fsp3) is 0.387. The van der Waals surface area contributed by atoms with Crippen LogP contribution in [-0.4, -0.2) is 25.2 Å². The van der Waals surface area contributed by atoms with Crippen LogP contribution in [-0.2, 0) is 4.79 Å². The number of ether oxygens (including phenoxy) is 2. The SMILES string of the molecule is CC/C=C/C/C=C/C/C=C/C/C=C/C/C=C/C/C=C/CCC(=O)NC[C@H]1COc2ccccc2O1. The molecule has 0 spiro atoms. The molecule has 0 bridgehead atoms. The minimum atomic E-state index is -0.153. The molecule has 35 heavy (non-hydrogen) atoms. The lowest BCUT2D eigenvalue weighted by Gasteiger charge is -2.26. The molecule has 0 aliphatic carbocycles. The maximum Gasteiger partial charge on any atom is 0.220 e. The Morgan fingerprint density at radius 2 is 1.31 bits per heavy atom. The summed E-state index contributed by atoms with van der Waals surface area (Å²) in [5.41, 5.74) is 0. The van der Waals surface area contributed by atoms with Crippen LogP contribution in [0.15, 0.2) is 97.2 Å². The highest BCUT2D eigenvalue weighted by atomic mass is 16.6. The number of hydrogen-bond donors (Lipinski definition) is 1. The highest BCUT2D eigenvalue weighted by molar-refractivity contribution is 5.76.